The Kier molecular flexibility index (Phi) is 10.1. The minimum atomic E-state index is -0.284. The van der Waals surface area contributed by atoms with Crippen LogP contribution >= 0.6 is 0 Å². The molecule has 1 aliphatic heterocycles. The van der Waals surface area contributed by atoms with Crippen LogP contribution in [0.25, 0.3) is 0 Å². The monoisotopic (exact) mass is 356 g/mol. The molecule has 0 radical (unpaired) electrons. The lowest BCUT2D eigenvalue weighted by Crippen LogP contribution is -2.41. The lowest BCUT2D eigenvalue weighted by molar-refractivity contribution is -0.196. The molecule has 0 saturated carbocycles. The Hall–Kier alpha value is -1.63. The van der Waals surface area contributed by atoms with Crippen LogP contribution in [-0.4, -0.2) is 61.1 Å². The third-order valence-corrected chi connectivity index (χ3v) is 4.17. The standard InChI is InChI=1S/C18H32N2O5/c1-4-19(18(23)24-14-15(2)3)13-16-8-10-20(11-9-16)25-17(22)7-5-6-12-21/h12,15-16H,4-11,13-14H2,1-3H3. The SMILES string of the molecule is CCN(CC1CCN(OC(=O)CCCC=O)CC1)C(=O)OCC(C)C. The average Bonchev–Trinajstić information content (AvgIpc) is 2.59. The van der Waals surface area contributed by atoms with E-state index in [9.17, 15) is 14.4 Å². The van der Waals surface area contributed by atoms with Crippen LogP contribution in [0.3, 0.4) is 0 Å². The highest BCUT2D eigenvalue weighted by molar-refractivity contribution is 5.69. The fourth-order valence-electron chi connectivity index (χ4n) is 2.68. The maximum atomic E-state index is 12.1. The highest BCUT2D eigenvalue weighted by Crippen LogP contribution is 2.19. The Labute approximate surface area is 150 Å². The third-order valence-electron chi connectivity index (χ3n) is 4.17. The maximum absolute atomic E-state index is 12.1. The first-order valence-corrected chi connectivity index (χ1v) is 9.27. The molecule has 1 heterocycles. The first-order valence-electron chi connectivity index (χ1n) is 9.27. The molecule has 1 rings (SSSR count). The number of carbonyl (C=O) groups excluding carboxylic acids is 3. The van der Waals surface area contributed by atoms with Crippen LogP contribution in [0.4, 0.5) is 4.79 Å². The molecule has 144 valence electrons. The molecule has 0 spiro atoms. The summed E-state index contributed by atoms with van der Waals surface area (Å²) in [6, 6.07) is 0. The van der Waals surface area contributed by atoms with E-state index in [1.807, 2.05) is 20.8 Å². The van der Waals surface area contributed by atoms with E-state index in [0.29, 0.717) is 57.5 Å². The number of piperidine rings is 1. The number of unbranched alkanes of at least 4 members (excludes halogenated alkanes) is 1. The summed E-state index contributed by atoms with van der Waals surface area (Å²) >= 11 is 0. The van der Waals surface area contributed by atoms with Crippen molar-refractivity contribution in [2.75, 3.05) is 32.8 Å². The highest BCUT2D eigenvalue weighted by Gasteiger charge is 2.25. The smallest absolute Gasteiger partial charge is 0.409 e. The van der Waals surface area contributed by atoms with Crippen LogP contribution in [0.1, 0.15) is 52.9 Å². The summed E-state index contributed by atoms with van der Waals surface area (Å²) in [5.41, 5.74) is 0. The summed E-state index contributed by atoms with van der Waals surface area (Å²) < 4.78 is 5.30. The van der Waals surface area contributed by atoms with Gasteiger partial charge >= 0.3 is 12.1 Å². The second-order valence-electron chi connectivity index (χ2n) is 6.90. The first-order chi connectivity index (χ1) is 12.0. The van der Waals surface area contributed by atoms with Crippen LogP contribution in [0, 0.1) is 11.8 Å². The number of ether oxygens (including phenoxy) is 1. The van der Waals surface area contributed by atoms with E-state index in [-0.39, 0.29) is 18.5 Å². The topological polar surface area (TPSA) is 76.2 Å². The molecule has 1 saturated heterocycles. The number of hydrogen-bond acceptors (Lipinski definition) is 6. The van der Waals surface area contributed by atoms with Crippen LogP contribution in [0.2, 0.25) is 0 Å². The number of hydrogen-bond donors (Lipinski definition) is 0. The zero-order chi connectivity index (χ0) is 18.7. The summed E-state index contributed by atoms with van der Waals surface area (Å²) in [7, 11) is 0. The molecule has 0 unspecified atom stereocenters. The number of amides is 1. The lowest BCUT2D eigenvalue weighted by Gasteiger charge is -2.33. The zero-order valence-corrected chi connectivity index (χ0v) is 15.7. The Bertz CT molecular complexity index is 420. The second-order valence-corrected chi connectivity index (χ2v) is 6.90. The Balaban J connectivity index is 2.29. The van der Waals surface area contributed by atoms with Crippen molar-refractivity contribution in [3.8, 4) is 0 Å². The zero-order valence-electron chi connectivity index (χ0n) is 15.7. The van der Waals surface area contributed by atoms with Crippen LogP contribution < -0.4 is 0 Å². The molecule has 0 aromatic rings. The Morgan fingerprint density at radius 1 is 1.28 bits per heavy atom. The molecule has 0 aromatic carbocycles. The van der Waals surface area contributed by atoms with Gasteiger partial charge in [0.05, 0.1) is 6.61 Å². The number of rotatable bonds is 10. The second kappa shape index (κ2) is 11.8. The third kappa shape index (κ3) is 8.86. The molecular formula is C18H32N2O5. The molecule has 1 aliphatic rings. The number of hydroxylamine groups is 2. The van der Waals surface area contributed by atoms with Gasteiger partial charge in [-0.05, 0) is 38.0 Å². The lowest BCUT2D eigenvalue weighted by atomic mass is 9.97. The van der Waals surface area contributed by atoms with E-state index in [4.69, 9.17) is 9.57 Å². The molecule has 7 nitrogen and oxygen atoms in total. The van der Waals surface area contributed by atoms with Gasteiger partial charge in [0, 0.05) is 39.0 Å². The molecule has 1 fully saturated rings. The van der Waals surface area contributed by atoms with Crippen molar-refractivity contribution in [3.63, 3.8) is 0 Å². The number of carbonyl (C=O) groups is 3. The van der Waals surface area contributed by atoms with Crippen molar-refractivity contribution in [1.29, 1.82) is 0 Å². The maximum Gasteiger partial charge on any atom is 0.409 e. The van der Waals surface area contributed by atoms with E-state index < -0.39 is 0 Å². The molecule has 0 N–H and O–H groups in total. The quantitative estimate of drug-likeness (QED) is 0.442. The molecule has 7 heteroatoms. The first kappa shape index (κ1) is 21.4. The van der Waals surface area contributed by atoms with Gasteiger partial charge in [-0.3, -0.25) is 4.79 Å². The fourth-order valence-corrected chi connectivity index (χ4v) is 2.68. The van der Waals surface area contributed by atoms with Crippen LogP contribution in [-0.2, 0) is 19.2 Å². The van der Waals surface area contributed by atoms with Crippen molar-refractivity contribution < 1.29 is 24.0 Å². The minimum Gasteiger partial charge on any atom is -0.449 e. The predicted molar refractivity (Wildman–Crippen MR) is 93.7 cm³/mol. The van der Waals surface area contributed by atoms with Crippen molar-refractivity contribution in [2.45, 2.75) is 52.9 Å². The van der Waals surface area contributed by atoms with Gasteiger partial charge in [-0.2, -0.15) is 0 Å². The van der Waals surface area contributed by atoms with Crippen molar-refractivity contribution in [1.82, 2.24) is 9.96 Å². The molecule has 0 aromatic heterocycles. The Morgan fingerprint density at radius 3 is 2.52 bits per heavy atom. The van der Waals surface area contributed by atoms with E-state index in [1.54, 1.807) is 9.96 Å². The molecule has 25 heavy (non-hydrogen) atoms. The number of nitrogens with zero attached hydrogens (tertiary/aromatic N) is 2. The van der Waals surface area contributed by atoms with Crippen molar-refractivity contribution >= 4 is 18.3 Å². The summed E-state index contributed by atoms with van der Waals surface area (Å²) in [6.07, 6.45) is 3.49. The molecule has 0 aliphatic carbocycles. The Morgan fingerprint density at radius 2 is 1.96 bits per heavy atom. The molecule has 1 amide bonds. The van der Waals surface area contributed by atoms with E-state index in [1.165, 1.54) is 0 Å². The minimum absolute atomic E-state index is 0.250. The van der Waals surface area contributed by atoms with Gasteiger partial charge in [-0.1, -0.05) is 13.8 Å². The van der Waals surface area contributed by atoms with Gasteiger partial charge in [0.1, 0.15) is 6.29 Å². The summed E-state index contributed by atoms with van der Waals surface area (Å²) in [5.74, 6) is 0.427. The summed E-state index contributed by atoms with van der Waals surface area (Å²) in [6.45, 7) is 9.06. The van der Waals surface area contributed by atoms with Gasteiger partial charge in [0.25, 0.3) is 0 Å². The predicted octanol–water partition coefficient (Wildman–Crippen LogP) is 2.64. The van der Waals surface area contributed by atoms with Gasteiger partial charge in [-0.15, -0.1) is 5.06 Å². The van der Waals surface area contributed by atoms with E-state index in [2.05, 4.69) is 0 Å². The van der Waals surface area contributed by atoms with Gasteiger partial charge in [-0.25, -0.2) is 4.79 Å². The highest BCUT2D eigenvalue weighted by atomic mass is 16.7. The van der Waals surface area contributed by atoms with Crippen molar-refractivity contribution in [2.24, 2.45) is 11.8 Å². The van der Waals surface area contributed by atoms with Gasteiger partial charge in [0.15, 0.2) is 0 Å². The largest absolute Gasteiger partial charge is 0.449 e. The summed E-state index contributed by atoms with van der Waals surface area (Å²) in [5, 5.41) is 1.69. The molecular weight excluding hydrogens is 324 g/mol. The molecule has 0 atom stereocenters. The summed E-state index contributed by atoms with van der Waals surface area (Å²) in [4.78, 5) is 41.0. The fraction of sp³-hybridized carbons (Fsp3) is 0.833. The van der Waals surface area contributed by atoms with Crippen LogP contribution in [0.15, 0.2) is 0 Å². The number of aldehydes is 1. The van der Waals surface area contributed by atoms with E-state index in [0.717, 1.165) is 19.1 Å². The van der Waals surface area contributed by atoms with Gasteiger partial charge in [0.2, 0.25) is 0 Å². The van der Waals surface area contributed by atoms with Gasteiger partial charge < -0.3 is 19.3 Å². The van der Waals surface area contributed by atoms with Crippen LogP contribution in [0.5, 0.6) is 0 Å². The normalized spacial score (nSPS) is 15.8. The van der Waals surface area contributed by atoms with Crippen molar-refractivity contribution in [3.05, 3.63) is 0 Å². The average molecular weight is 356 g/mol. The molecule has 0 bridgehead atoms. The van der Waals surface area contributed by atoms with E-state index >= 15 is 0 Å².